The van der Waals surface area contributed by atoms with Crippen LogP contribution in [-0.2, 0) is 21.7 Å². The summed E-state index contributed by atoms with van der Waals surface area (Å²) in [7, 11) is 0. The summed E-state index contributed by atoms with van der Waals surface area (Å²) < 4.78 is 0. The van der Waals surface area contributed by atoms with E-state index in [1.54, 1.807) is 0 Å². The van der Waals surface area contributed by atoms with Crippen LogP contribution in [0.1, 0.15) is 127 Å². The van der Waals surface area contributed by atoms with Gasteiger partial charge >= 0.3 is 0 Å². The van der Waals surface area contributed by atoms with Crippen molar-refractivity contribution < 1.29 is 0 Å². The SMILES string of the molecule is C=CC1=C(/C=C\C)c2ccc(N(CCC(=C\C=C/CC)/C(=c3/ccccc3=C)N(c3ccc4c(c3)-c3ccccc3C4(C)C)c3ccc4c(c3)C(C)(C)c3ccccc3-4)c3ccc4c(c3)C(C)(C)C3=C4C=CC=C=C3)cc2C1(C)C. The zero-order valence-corrected chi connectivity index (χ0v) is 48.6. The Morgan fingerprint density at radius 2 is 1.14 bits per heavy atom. The zero-order valence-electron chi connectivity index (χ0n) is 48.6. The summed E-state index contributed by atoms with van der Waals surface area (Å²) in [4.78, 5) is 5.16. The van der Waals surface area contributed by atoms with Crippen molar-refractivity contribution in [3.05, 3.63) is 290 Å². The molecule has 7 aromatic carbocycles. The Kier molecular flexibility index (Phi) is 12.9. The summed E-state index contributed by atoms with van der Waals surface area (Å²) >= 11 is 0. The van der Waals surface area contributed by atoms with E-state index in [0.29, 0.717) is 13.0 Å². The van der Waals surface area contributed by atoms with Crippen LogP contribution in [0.3, 0.4) is 0 Å². The van der Waals surface area contributed by atoms with Gasteiger partial charge in [0.2, 0.25) is 0 Å². The summed E-state index contributed by atoms with van der Waals surface area (Å²) in [5, 5.41) is 2.07. The molecule has 396 valence electrons. The lowest BCUT2D eigenvalue weighted by atomic mass is 9.80. The van der Waals surface area contributed by atoms with Crippen LogP contribution in [0.25, 0.3) is 45.7 Å². The molecule has 2 nitrogen and oxygen atoms in total. The molecule has 0 atom stereocenters. The lowest BCUT2D eigenvalue weighted by Crippen LogP contribution is -2.33. The molecule has 5 aliphatic carbocycles. The third kappa shape index (κ3) is 8.22. The van der Waals surface area contributed by atoms with E-state index in [1.807, 2.05) is 6.08 Å². The number of hydrogen-bond acceptors (Lipinski definition) is 2. The van der Waals surface area contributed by atoms with Gasteiger partial charge in [0.15, 0.2) is 0 Å². The van der Waals surface area contributed by atoms with Crippen molar-refractivity contribution in [1.29, 1.82) is 0 Å². The van der Waals surface area contributed by atoms with Gasteiger partial charge in [-0.2, -0.15) is 0 Å². The van der Waals surface area contributed by atoms with E-state index in [9.17, 15) is 0 Å². The van der Waals surface area contributed by atoms with E-state index in [-0.39, 0.29) is 21.7 Å². The first kappa shape index (κ1) is 52.3. The van der Waals surface area contributed by atoms with Crippen LogP contribution in [0.15, 0.2) is 235 Å². The summed E-state index contributed by atoms with van der Waals surface area (Å²) in [5.74, 6) is 0. The van der Waals surface area contributed by atoms with Gasteiger partial charge in [-0.15, -0.1) is 5.73 Å². The van der Waals surface area contributed by atoms with Gasteiger partial charge in [0, 0.05) is 56.2 Å². The van der Waals surface area contributed by atoms with Crippen molar-refractivity contribution in [3.8, 4) is 22.3 Å². The fraction of sp³-hybridized carbons (Fsp3) is 0.218. The molecule has 0 spiro atoms. The van der Waals surface area contributed by atoms with E-state index >= 15 is 0 Å². The molecule has 0 unspecified atom stereocenters. The normalized spacial score (nSPS) is 17.5. The Labute approximate surface area is 476 Å². The molecule has 7 aromatic rings. The van der Waals surface area contributed by atoms with Gasteiger partial charge in [-0.1, -0.05) is 221 Å². The number of anilines is 4. The van der Waals surface area contributed by atoms with Crippen molar-refractivity contribution in [3.63, 3.8) is 0 Å². The highest BCUT2D eigenvalue weighted by Gasteiger charge is 2.41. The summed E-state index contributed by atoms with van der Waals surface area (Å²) in [6.45, 7) is 33.1. The van der Waals surface area contributed by atoms with Crippen molar-refractivity contribution in [1.82, 2.24) is 0 Å². The average molecular weight is 1040 g/mol. The first-order valence-electron chi connectivity index (χ1n) is 28.9. The number of benzene rings is 7. The fourth-order valence-corrected chi connectivity index (χ4v) is 14.2. The highest BCUT2D eigenvalue weighted by atomic mass is 15.2. The van der Waals surface area contributed by atoms with Gasteiger partial charge in [-0.3, -0.25) is 0 Å². The molecule has 0 bridgehead atoms. The highest BCUT2D eigenvalue weighted by molar-refractivity contribution is 5.95. The lowest BCUT2D eigenvalue weighted by molar-refractivity contribution is 0.653. The van der Waals surface area contributed by atoms with Gasteiger partial charge < -0.3 is 9.80 Å². The Hall–Kier alpha value is -8.42. The number of rotatable bonds is 13. The Morgan fingerprint density at radius 1 is 0.575 bits per heavy atom. The quantitative estimate of drug-likeness (QED) is 0.0839. The summed E-state index contributed by atoms with van der Waals surface area (Å²) in [5.41, 5.74) is 30.4. The van der Waals surface area contributed by atoms with E-state index in [0.717, 1.165) is 39.6 Å². The van der Waals surface area contributed by atoms with Gasteiger partial charge in [-0.05, 0) is 180 Å². The van der Waals surface area contributed by atoms with Crippen molar-refractivity contribution >= 4 is 46.2 Å². The van der Waals surface area contributed by atoms with Crippen LogP contribution >= 0.6 is 0 Å². The molecule has 2 heteroatoms. The largest absolute Gasteiger partial charge is 0.341 e. The van der Waals surface area contributed by atoms with Gasteiger partial charge in [-0.25, -0.2) is 0 Å². The topological polar surface area (TPSA) is 6.48 Å². The van der Waals surface area contributed by atoms with Gasteiger partial charge in [0.05, 0.1) is 5.70 Å². The van der Waals surface area contributed by atoms with E-state index in [1.165, 1.54) is 100 Å². The molecule has 12 rings (SSSR count). The number of nitrogens with zero attached hydrogens (tertiary/aromatic N) is 2. The van der Waals surface area contributed by atoms with Crippen LogP contribution in [0, 0.1) is 0 Å². The Bertz CT molecular complexity index is 4140. The minimum Gasteiger partial charge on any atom is -0.341 e. The molecule has 0 saturated heterocycles. The average Bonchev–Trinajstić information content (AvgIpc) is 3.91. The van der Waals surface area contributed by atoms with Crippen molar-refractivity contribution in [2.45, 2.75) is 104 Å². The molecular formula is C78H74N2. The zero-order chi connectivity index (χ0) is 55.9. The molecule has 5 aliphatic rings. The highest BCUT2D eigenvalue weighted by Crippen LogP contribution is 2.55. The van der Waals surface area contributed by atoms with Gasteiger partial charge in [0.1, 0.15) is 0 Å². The molecular weight excluding hydrogens is 965 g/mol. The molecule has 0 fully saturated rings. The van der Waals surface area contributed by atoms with Crippen LogP contribution in [0.4, 0.5) is 22.7 Å². The van der Waals surface area contributed by atoms with Crippen molar-refractivity contribution in [2.75, 3.05) is 16.3 Å². The van der Waals surface area contributed by atoms with E-state index in [4.69, 9.17) is 6.58 Å². The number of fused-ring (bicyclic) bond motifs is 9. The predicted molar refractivity (Wildman–Crippen MR) is 343 cm³/mol. The fourth-order valence-electron chi connectivity index (χ4n) is 14.2. The first-order valence-corrected chi connectivity index (χ1v) is 28.9. The van der Waals surface area contributed by atoms with E-state index < -0.39 is 0 Å². The Balaban J connectivity index is 1.07. The third-order valence-corrected chi connectivity index (χ3v) is 18.4. The van der Waals surface area contributed by atoms with Crippen LogP contribution in [0.5, 0.6) is 0 Å². The third-order valence-electron chi connectivity index (χ3n) is 18.4. The maximum Gasteiger partial charge on any atom is 0.0572 e. The molecule has 0 aliphatic heterocycles. The molecule has 0 aromatic heterocycles. The lowest BCUT2D eigenvalue weighted by Gasteiger charge is -2.34. The molecule has 0 saturated carbocycles. The first-order chi connectivity index (χ1) is 38.5. The summed E-state index contributed by atoms with van der Waals surface area (Å²) in [6, 6.07) is 55.6. The van der Waals surface area contributed by atoms with Crippen LogP contribution < -0.4 is 20.2 Å². The minimum atomic E-state index is -0.242. The van der Waals surface area contributed by atoms with Crippen molar-refractivity contribution in [2.24, 2.45) is 0 Å². The van der Waals surface area contributed by atoms with E-state index in [2.05, 4.69) is 292 Å². The smallest absolute Gasteiger partial charge is 0.0572 e. The van der Waals surface area contributed by atoms with Crippen LogP contribution in [0.2, 0.25) is 0 Å². The molecule has 0 radical (unpaired) electrons. The standard InChI is InChI=1S/C78H74N2/c1-13-16-18-29-52(45-46-79(53-37-41-62-58(27-14-2)66(15-3)75(5,6)71(62)48-53)54-38-42-63-59-31-19-17-20-34-67(59)77(9,10)72(63)49-54)74(57-30-22-21-28-51(57)4)80(55-40-44-70-65(47-55)61-33-24-26-36-69(61)76(70,7)8)56-39-43-64-60-32-23-25-35-68(60)78(11,12)73(64)50-56/h14-19,21-44,47-50H,3-4,13,45-46H2,1-2,5-12H3/b18-16-,27-14-,52-29+,74-57+. The Morgan fingerprint density at radius 3 is 1.84 bits per heavy atom. The molecule has 80 heavy (non-hydrogen) atoms. The molecule has 0 amide bonds. The summed E-state index contributed by atoms with van der Waals surface area (Å²) in [6.07, 6.45) is 23.7. The second kappa shape index (κ2) is 19.7. The number of allylic oxidation sites excluding steroid dienone is 13. The van der Waals surface area contributed by atoms with Gasteiger partial charge in [0.25, 0.3) is 0 Å². The maximum atomic E-state index is 4.82. The number of hydrogen-bond donors (Lipinski definition) is 0. The second-order valence-corrected chi connectivity index (χ2v) is 24.5. The minimum absolute atomic E-state index is 0.138. The van der Waals surface area contributed by atoms with Crippen LogP contribution in [-0.4, -0.2) is 6.54 Å². The predicted octanol–water partition coefficient (Wildman–Crippen LogP) is 18.9. The maximum absolute atomic E-state index is 4.82. The monoisotopic (exact) mass is 1040 g/mol. The molecule has 0 heterocycles. The second-order valence-electron chi connectivity index (χ2n) is 24.5. The molecule has 0 N–H and O–H groups in total.